The van der Waals surface area contributed by atoms with Gasteiger partial charge in [0.2, 0.25) is 0 Å². The van der Waals surface area contributed by atoms with Gasteiger partial charge in [0.15, 0.2) is 0 Å². The number of nitrogens with zero attached hydrogens (tertiary/aromatic N) is 4. The molecule has 0 spiro atoms. The Balaban J connectivity index is 1.84. The molecule has 0 unspecified atom stereocenters. The summed E-state index contributed by atoms with van der Waals surface area (Å²) in [4.78, 5) is 19.2. The molecule has 34 heavy (non-hydrogen) atoms. The highest BCUT2D eigenvalue weighted by atomic mass is 14.9. The average molecular weight is 443 g/mol. The molecule has 0 N–H and O–H groups in total. The van der Waals surface area contributed by atoms with Gasteiger partial charge in [0, 0.05) is 0 Å². The standard InChI is InChI=1S/C30H26N4/c1-23-13-9-11-19-27(23)32-22-30(34-28-20-12-10-14-24(28)2)29(33-26-17-7-4-8-18-26)21-31-25-15-5-3-6-16-25/h3-22H,1-2H3. The highest BCUT2D eigenvalue weighted by molar-refractivity contribution is 6.76. The fraction of sp³-hybridized carbons (Fsp3) is 0.0667. The van der Waals surface area contributed by atoms with E-state index in [9.17, 15) is 0 Å². The van der Waals surface area contributed by atoms with Crippen LogP contribution in [0.25, 0.3) is 0 Å². The van der Waals surface area contributed by atoms with E-state index in [1.807, 2.05) is 123 Å². The van der Waals surface area contributed by atoms with Crippen molar-refractivity contribution in [3.8, 4) is 0 Å². The zero-order valence-corrected chi connectivity index (χ0v) is 19.3. The maximum atomic E-state index is 4.96. The van der Waals surface area contributed by atoms with Crippen LogP contribution >= 0.6 is 0 Å². The normalized spacial score (nSPS) is 12.5. The fourth-order valence-electron chi connectivity index (χ4n) is 3.25. The van der Waals surface area contributed by atoms with Crippen LogP contribution in [0.3, 0.4) is 0 Å². The first-order chi connectivity index (χ1) is 16.7. The first-order valence-corrected chi connectivity index (χ1v) is 11.2. The fourth-order valence-corrected chi connectivity index (χ4v) is 3.25. The first kappa shape index (κ1) is 22.7. The van der Waals surface area contributed by atoms with Crippen molar-refractivity contribution in [2.24, 2.45) is 20.0 Å². The van der Waals surface area contributed by atoms with Gasteiger partial charge in [0.25, 0.3) is 0 Å². The van der Waals surface area contributed by atoms with Crippen LogP contribution in [0.1, 0.15) is 11.1 Å². The van der Waals surface area contributed by atoms with Crippen LogP contribution in [0.5, 0.6) is 0 Å². The minimum Gasteiger partial charge on any atom is -0.255 e. The maximum absolute atomic E-state index is 4.96. The summed E-state index contributed by atoms with van der Waals surface area (Å²) in [5.41, 5.74) is 6.82. The third-order valence-electron chi connectivity index (χ3n) is 5.16. The Kier molecular flexibility index (Phi) is 7.65. The number of aryl methyl sites for hydroxylation is 2. The molecule has 0 saturated heterocycles. The summed E-state index contributed by atoms with van der Waals surface area (Å²) in [6.07, 6.45) is 3.52. The lowest BCUT2D eigenvalue weighted by atomic mass is 10.2. The van der Waals surface area contributed by atoms with Gasteiger partial charge in [-0.25, -0.2) is 9.98 Å². The molecule has 0 atom stereocenters. The van der Waals surface area contributed by atoms with Gasteiger partial charge in [-0.15, -0.1) is 0 Å². The van der Waals surface area contributed by atoms with Gasteiger partial charge in [-0.2, -0.15) is 0 Å². The smallest absolute Gasteiger partial charge is 0.109 e. The zero-order chi connectivity index (χ0) is 23.6. The van der Waals surface area contributed by atoms with Crippen molar-refractivity contribution >= 4 is 46.6 Å². The van der Waals surface area contributed by atoms with Crippen molar-refractivity contribution in [2.75, 3.05) is 0 Å². The molecular weight excluding hydrogens is 416 g/mol. The largest absolute Gasteiger partial charge is 0.255 e. The first-order valence-electron chi connectivity index (χ1n) is 11.2. The number of hydrogen-bond acceptors (Lipinski definition) is 4. The lowest BCUT2D eigenvalue weighted by Gasteiger charge is -2.06. The molecular formula is C30H26N4. The monoisotopic (exact) mass is 442 g/mol. The minimum absolute atomic E-state index is 0.621. The molecule has 166 valence electrons. The molecule has 4 aromatic carbocycles. The molecule has 0 aliphatic carbocycles. The van der Waals surface area contributed by atoms with Gasteiger partial charge in [-0.3, -0.25) is 9.98 Å². The summed E-state index contributed by atoms with van der Waals surface area (Å²) in [5, 5.41) is 0. The van der Waals surface area contributed by atoms with Gasteiger partial charge < -0.3 is 0 Å². The maximum Gasteiger partial charge on any atom is 0.109 e. The van der Waals surface area contributed by atoms with Crippen molar-refractivity contribution in [3.63, 3.8) is 0 Å². The van der Waals surface area contributed by atoms with E-state index < -0.39 is 0 Å². The zero-order valence-electron chi connectivity index (χ0n) is 19.3. The van der Waals surface area contributed by atoms with Crippen molar-refractivity contribution < 1.29 is 0 Å². The van der Waals surface area contributed by atoms with E-state index in [2.05, 4.69) is 4.99 Å². The summed E-state index contributed by atoms with van der Waals surface area (Å²) < 4.78 is 0. The number of hydrogen-bond donors (Lipinski definition) is 0. The van der Waals surface area contributed by atoms with Crippen LogP contribution in [0.4, 0.5) is 22.7 Å². The van der Waals surface area contributed by atoms with E-state index in [-0.39, 0.29) is 0 Å². The predicted molar refractivity (Wildman–Crippen MR) is 146 cm³/mol. The second kappa shape index (κ2) is 11.4. The summed E-state index contributed by atoms with van der Waals surface area (Å²) in [6, 6.07) is 35.7. The van der Waals surface area contributed by atoms with Crippen LogP contribution < -0.4 is 0 Å². The summed E-state index contributed by atoms with van der Waals surface area (Å²) in [5.74, 6) is 0. The van der Waals surface area contributed by atoms with E-state index in [1.165, 1.54) is 0 Å². The summed E-state index contributed by atoms with van der Waals surface area (Å²) in [7, 11) is 0. The molecule has 0 heterocycles. The molecule has 4 aromatic rings. The molecule has 4 rings (SSSR count). The van der Waals surface area contributed by atoms with Crippen LogP contribution in [0.2, 0.25) is 0 Å². The number of aliphatic imine (C=N–C) groups is 4. The van der Waals surface area contributed by atoms with E-state index >= 15 is 0 Å². The van der Waals surface area contributed by atoms with Gasteiger partial charge in [0.05, 0.1) is 35.2 Å². The molecule has 0 aliphatic heterocycles. The van der Waals surface area contributed by atoms with Gasteiger partial charge >= 0.3 is 0 Å². The van der Waals surface area contributed by atoms with E-state index in [0.717, 1.165) is 33.9 Å². The van der Waals surface area contributed by atoms with Crippen LogP contribution in [-0.4, -0.2) is 23.9 Å². The molecule has 4 heteroatoms. The molecule has 0 aromatic heterocycles. The Morgan fingerprint density at radius 3 is 1.56 bits per heavy atom. The van der Waals surface area contributed by atoms with Crippen molar-refractivity contribution in [2.45, 2.75) is 13.8 Å². The van der Waals surface area contributed by atoms with Crippen LogP contribution in [0, 0.1) is 13.8 Å². The Labute approximate surface area is 200 Å². The Morgan fingerprint density at radius 1 is 0.471 bits per heavy atom. The molecule has 0 amide bonds. The van der Waals surface area contributed by atoms with Crippen LogP contribution in [0.15, 0.2) is 129 Å². The Hall–Kier alpha value is -4.44. The molecule has 0 fully saturated rings. The Morgan fingerprint density at radius 2 is 0.941 bits per heavy atom. The number of para-hydroxylation sites is 4. The van der Waals surface area contributed by atoms with E-state index in [4.69, 9.17) is 15.0 Å². The summed E-state index contributed by atoms with van der Waals surface area (Å²) >= 11 is 0. The van der Waals surface area contributed by atoms with Crippen LogP contribution in [-0.2, 0) is 0 Å². The summed E-state index contributed by atoms with van der Waals surface area (Å²) in [6.45, 7) is 4.08. The Bertz CT molecular complexity index is 1350. The molecule has 0 bridgehead atoms. The van der Waals surface area contributed by atoms with Gasteiger partial charge in [-0.05, 0) is 61.4 Å². The predicted octanol–water partition coefficient (Wildman–Crippen LogP) is 7.95. The lowest BCUT2D eigenvalue weighted by molar-refractivity contribution is 1.40. The number of benzene rings is 4. The second-order valence-corrected chi connectivity index (χ2v) is 7.75. The quantitative estimate of drug-likeness (QED) is 0.261. The van der Waals surface area contributed by atoms with E-state index in [1.54, 1.807) is 12.4 Å². The minimum atomic E-state index is 0.621. The topological polar surface area (TPSA) is 49.4 Å². The highest BCUT2D eigenvalue weighted by Crippen LogP contribution is 2.20. The highest BCUT2D eigenvalue weighted by Gasteiger charge is 2.08. The molecule has 0 radical (unpaired) electrons. The third-order valence-corrected chi connectivity index (χ3v) is 5.16. The number of rotatable bonds is 7. The second-order valence-electron chi connectivity index (χ2n) is 7.75. The van der Waals surface area contributed by atoms with Crippen molar-refractivity contribution in [3.05, 3.63) is 120 Å². The van der Waals surface area contributed by atoms with E-state index in [0.29, 0.717) is 11.4 Å². The lowest BCUT2D eigenvalue weighted by Crippen LogP contribution is -2.17. The average Bonchev–Trinajstić information content (AvgIpc) is 2.87. The van der Waals surface area contributed by atoms with Gasteiger partial charge in [-0.1, -0.05) is 72.8 Å². The van der Waals surface area contributed by atoms with Gasteiger partial charge in [0.1, 0.15) is 11.4 Å². The van der Waals surface area contributed by atoms with Crippen molar-refractivity contribution in [1.29, 1.82) is 0 Å². The molecule has 0 saturated carbocycles. The van der Waals surface area contributed by atoms with Crippen molar-refractivity contribution in [1.82, 2.24) is 0 Å². The molecule has 4 nitrogen and oxygen atoms in total. The SMILES string of the molecule is Cc1ccccc1N=CC(=Nc1ccccc1C)C(C=Nc1ccccc1)=Nc1ccccc1. The molecule has 0 aliphatic rings. The third kappa shape index (κ3) is 6.30.